The van der Waals surface area contributed by atoms with Gasteiger partial charge in [0.05, 0.1) is 11.3 Å². The Balaban J connectivity index is 1.89. The molecule has 0 saturated carbocycles. The normalized spacial score (nSPS) is 11.3. The van der Waals surface area contributed by atoms with Crippen LogP contribution < -0.4 is 5.43 Å². The first-order valence-electron chi connectivity index (χ1n) is 7.97. The highest BCUT2D eigenvalue weighted by atomic mass is 32.1. The van der Waals surface area contributed by atoms with E-state index in [9.17, 15) is 9.90 Å². The molecular formula is C20H18N2O2S. The molecule has 1 heterocycles. The SMILES string of the molecule is CCc1cc(C(=O)N/N=C(/c2ccccc2)c2ccc(O)cc2)cs1. The van der Waals surface area contributed by atoms with Crippen molar-refractivity contribution in [3.8, 4) is 5.75 Å². The van der Waals surface area contributed by atoms with Crippen molar-refractivity contribution in [1.29, 1.82) is 0 Å². The predicted molar refractivity (Wildman–Crippen MR) is 101 cm³/mol. The second-order valence-corrected chi connectivity index (χ2v) is 6.47. The molecule has 0 atom stereocenters. The number of aromatic hydroxyl groups is 1. The molecule has 0 saturated heterocycles. The van der Waals surface area contributed by atoms with Gasteiger partial charge in [0.2, 0.25) is 0 Å². The Morgan fingerprint density at radius 3 is 2.36 bits per heavy atom. The monoisotopic (exact) mass is 350 g/mol. The van der Waals surface area contributed by atoms with Gasteiger partial charge in [0, 0.05) is 21.4 Å². The topological polar surface area (TPSA) is 61.7 Å². The molecule has 0 aliphatic heterocycles. The van der Waals surface area contributed by atoms with Crippen LogP contribution in [-0.4, -0.2) is 16.7 Å². The van der Waals surface area contributed by atoms with Gasteiger partial charge in [0.1, 0.15) is 5.75 Å². The lowest BCUT2D eigenvalue weighted by molar-refractivity contribution is 0.0955. The quantitative estimate of drug-likeness (QED) is 0.535. The summed E-state index contributed by atoms with van der Waals surface area (Å²) in [5, 5.41) is 15.7. The maximum Gasteiger partial charge on any atom is 0.272 e. The number of phenolic OH excluding ortho intramolecular Hbond substituents is 1. The highest BCUT2D eigenvalue weighted by Gasteiger charge is 2.11. The average molecular weight is 350 g/mol. The summed E-state index contributed by atoms with van der Waals surface area (Å²) in [5.74, 6) is -0.0475. The van der Waals surface area contributed by atoms with Crippen LogP contribution >= 0.6 is 11.3 Å². The van der Waals surface area contributed by atoms with Crippen LogP contribution in [0.4, 0.5) is 0 Å². The summed E-state index contributed by atoms with van der Waals surface area (Å²) in [7, 11) is 0. The minimum atomic E-state index is -0.233. The summed E-state index contributed by atoms with van der Waals surface area (Å²) in [6.07, 6.45) is 0.907. The van der Waals surface area contributed by atoms with E-state index in [1.807, 2.05) is 41.8 Å². The second kappa shape index (κ2) is 7.77. The van der Waals surface area contributed by atoms with Crippen LogP contribution in [0.25, 0.3) is 0 Å². The third-order valence-corrected chi connectivity index (χ3v) is 4.80. The Morgan fingerprint density at radius 2 is 1.72 bits per heavy atom. The molecule has 0 aliphatic rings. The molecule has 0 radical (unpaired) electrons. The summed E-state index contributed by atoms with van der Waals surface area (Å²) in [4.78, 5) is 13.5. The van der Waals surface area contributed by atoms with Crippen LogP contribution in [0, 0.1) is 0 Å². The number of carbonyl (C=O) groups excluding carboxylic acids is 1. The molecule has 0 bridgehead atoms. The average Bonchev–Trinajstić information content (AvgIpc) is 3.13. The van der Waals surface area contributed by atoms with E-state index in [-0.39, 0.29) is 11.7 Å². The van der Waals surface area contributed by atoms with Crippen LogP contribution in [-0.2, 0) is 6.42 Å². The molecule has 3 aromatic rings. The predicted octanol–water partition coefficient (Wildman–Crippen LogP) is 4.20. The number of rotatable bonds is 5. The van der Waals surface area contributed by atoms with E-state index in [1.165, 1.54) is 0 Å². The van der Waals surface area contributed by atoms with Crippen molar-refractivity contribution in [1.82, 2.24) is 5.43 Å². The van der Waals surface area contributed by atoms with E-state index in [0.29, 0.717) is 11.3 Å². The fraction of sp³-hybridized carbons (Fsp3) is 0.100. The third-order valence-electron chi connectivity index (χ3n) is 3.72. The first-order valence-corrected chi connectivity index (χ1v) is 8.85. The van der Waals surface area contributed by atoms with Crippen molar-refractivity contribution in [3.05, 3.63) is 87.6 Å². The standard InChI is InChI=1S/C20H18N2O2S/c1-2-18-12-16(13-25-18)20(24)22-21-19(14-6-4-3-5-7-14)15-8-10-17(23)11-9-15/h3-13,23H,2H2,1H3,(H,22,24)/b21-19-. The van der Waals surface area contributed by atoms with Crippen molar-refractivity contribution in [2.45, 2.75) is 13.3 Å². The molecule has 1 aromatic heterocycles. The fourth-order valence-corrected chi connectivity index (χ4v) is 3.18. The highest BCUT2D eigenvalue weighted by molar-refractivity contribution is 7.10. The molecule has 126 valence electrons. The van der Waals surface area contributed by atoms with E-state index in [4.69, 9.17) is 0 Å². The number of hydrogen-bond acceptors (Lipinski definition) is 4. The summed E-state index contributed by atoms with van der Waals surface area (Å²) < 4.78 is 0. The number of aryl methyl sites for hydroxylation is 1. The van der Waals surface area contributed by atoms with Gasteiger partial charge >= 0.3 is 0 Å². The summed E-state index contributed by atoms with van der Waals surface area (Å²) in [6, 6.07) is 18.2. The summed E-state index contributed by atoms with van der Waals surface area (Å²) in [6.45, 7) is 2.06. The molecule has 2 aromatic carbocycles. The van der Waals surface area contributed by atoms with Gasteiger partial charge in [-0.2, -0.15) is 5.10 Å². The number of amides is 1. The lowest BCUT2D eigenvalue weighted by atomic mass is 10.0. The molecule has 0 aliphatic carbocycles. The van der Waals surface area contributed by atoms with Crippen LogP contribution in [0.15, 0.2) is 71.1 Å². The van der Waals surface area contributed by atoms with E-state index in [0.717, 1.165) is 22.4 Å². The number of hydrazone groups is 1. The van der Waals surface area contributed by atoms with Gasteiger partial charge in [-0.1, -0.05) is 37.3 Å². The molecule has 5 heteroatoms. The van der Waals surface area contributed by atoms with Crippen LogP contribution in [0.2, 0.25) is 0 Å². The number of phenols is 1. The van der Waals surface area contributed by atoms with Crippen molar-refractivity contribution in [2.24, 2.45) is 5.10 Å². The molecule has 2 N–H and O–H groups in total. The lowest BCUT2D eigenvalue weighted by Gasteiger charge is -2.08. The summed E-state index contributed by atoms with van der Waals surface area (Å²) in [5.41, 5.74) is 5.59. The molecule has 0 spiro atoms. The lowest BCUT2D eigenvalue weighted by Crippen LogP contribution is -2.20. The zero-order valence-corrected chi connectivity index (χ0v) is 14.6. The molecular weight excluding hydrogens is 332 g/mol. The van der Waals surface area contributed by atoms with Gasteiger partial charge in [-0.15, -0.1) is 11.3 Å². The number of nitrogens with one attached hydrogen (secondary N) is 1. The third kappa shape index (κ3) is 4.14. The van der Waals surface area contributed by atoms with Crippen LogP contribution in [0.5, 0.6) is 5.75 Å². The molecule has 0 unspecified atom stereocenters. The maximum atomic E-state index is 12.3. The van der Waals surface area contributed by atoms with Gasteiger partial charge in [0.15, 0.2) is 0 Å². The van der Waals surface area contributed by atoms with Gasteiger partial charge in [-0.3, -0.25) is 4.79 Å². The number of thiophene rings is 1. The van der Waals surface area contributed by atoms with E-state index in [1.54, 1.807) is 35.6 Å². The second-order valence-electron chi connectivity index (χ2n) is 5.47. The fourth-order valence-electron chi connectivity index (χ4n) is 2.37. The summed E-state index contributed by atoms with van der Waals surface area (Å²) >= 11 is 1.57. The molecule has 3 rings (SSSR count). The Morgan fingerprint density at radius 1 is 1.04 bits per heavy atom. The van der Waals surface area contributed by atoms with Crippen molar-refractivity contribution >= 4 is 23.0 Å². The first kappa shape index (κ1) is 16.9. The number of carbonyl (C=O) groups is 1. The zero-order valence-electron chi connectivity index (χ0n) is 13.8. The van der Waals surface area contributed by atoms with Crippen molar-refractivity contribution in [3.63, 3.8) is 0 Å². The Hall–Kier alpha value is -2.92. The molecule has 0 fully saturated rings. The first-order chi connectivity index (χ1) is 12.2. The smallest absolute Gasteiger partial charge is 0.272 e. The Labute approximate surface area is 150 Å². The number of nitrogens with zero attached hydrogens (tertiary/aromatic N) is 1. The Kier molecular flexibility index (Phi) is 5.26. The van der Waals surface area contributed by atoms with Gasteiger partial charge < -0.3 is 5.11 Å². The number of hydrogen-bond donors (Lipinski definition) is 2. The van der Waals surface area contributed by atoms with E-state index < -0.39 is 0 Å². The van der Waals surface area contributed by atoms with Crippen molar-refractivity contribution in [2.75, 3.05) is 0 Å². The van der Waals surface area contributed by atoms with Crippen LogP contribution in [0.3, 0.4) is 0 Å². The minimum absolute atomic E-state index is 0.186. The van der Waals surface area contributed by atoms with Gasteiger partial charge in [0.25, 0.3) is 5.91 Å². The Bertz CT molecular complexity index is 884. The largest absolute Gasteiger partial charge is 0.508 e. The van der Waals surface area contributed by atoms with Crippen LogP contribution in [0.1, 0.15) is 33.3 Å². The molecule has 4 nitrogen and oxygen atoms in total. The number of benzene rings is 2. The zero-order chi connectivity index (χ0) is 17.6. The highest BCUT2D eigenvalue weighted by Crippen LogP contribution is 2.16. The van der Waals surface area contributed by atoms with Crippen molar-refractivity contribution < 1.29 is 9.90 Å². The molecule has 1 amide bonds. The van der Waals surface area contributed by atoms with E-state index in [2.05, 4.69) is 17.5 Å². The van der Waals surface area contributed by atoms with Gasteiger partial charge in [-0.05, 0) is 36.8 Å². The minimum Gasteiger partial charge on any atom is -0.508 e. The van der Waals surface area contributed by atoms with Gasteiger partial charge in [-0.25, -0.2) is 5.43 Å². The van der Waals surface area contributed by atoms with E-state index >= 15 is 0 Å². The maximum absolute atomic E-state index is 12.3. The molecule has 25 heavy (non-hydrogen) atoms.